The van der Waals surface area contributed by atoms with Crippen LogP contribution in [0.4, 0.5) is 5.82 Å². The smallest absolute Gasteiger partial charge is 0.255 e. The Labute approximate surface area is 151 Å². The molecular weight excluding hydrogens is 340 g/mol. The quantitative estimate of drug-likeness (QED) is 0.742. The van der Waals surface area contributed by atoms with Gasteiger partial charge in [0.25, 0.3) is 5.91 Å². The van der Waals surface area contributed by atoms with Gasteiger partial charge in [-0.25, -0.2) is 4.98 Å². The van der Waals surface area contributed by atoms with Crippen molar-refractivity contribution < 1.29 is 9.53 Å². The number of ether oxygens (including phenoxy) is 1. The first-order valence-electron chi connectivity index (χ1n) is 7.84. The second-order valence-corrected chi connectivity index (χ2v) is 5.94. The fourth-order valence-electron chi connectivity index (χ4n) is 2.12. The van der Waals surface area contributed by atoms with Crippen molar-refractivity contribution in [1.29, 1.82) is 5.26 Å². The Balaban J connectivity index is 1.94. The maximum atomic E-state index is 12.4. The minimum absolute atomic E-state index is 0.0528. The van der Waals surface area contributed by atoms with Crippen LogP contribution in [0.1, 0.15) is 29.8 Å². The number of benzene rings is 1. The molecule has 0 aliphatic heterocycles. The van der Waals surface area contributed by atoms with Crippen molar-refractivity contribution in [2.45, 2.75) is 20.0 Å². The Morgan fingerprint density at radius 2 is 2.16 bits per heavy atom. The Hall–Kier alpha value is -2.78. The second-order valence-electron chi connectivity index (χ2n) is 5.50. The van der Waals surface area contributed by atoms with Gasteiger partial charge < -0.3 is 15.4 Å². The molecule has 1 amide bonds. The zero-order valence-electron chi connectivity index (χ0n) is 14.0. The largest absolute Gasteiger partial charge is 0.490 e. The summed E-state index contributed by atoms with van der Waals surface area (Å²) >= 11 is 5.99. The lowest BCUT2D eigenvalue weighted by molar-refractivity contribution is 0.0949. The van der Waals surface area contributed by atoms with Crippen molar-refractivity contribution in [2.75, 3.05) is 18.4 Å². The number of carbonyl (C=O) groups excluding carboxylic acids is 1. The van der Waals surface area contributed by atoms with Gasteiger partial charge in [-0.1, -0.05) is 11.6 Å². The predicted octanol–water partition coefficient (Wildman–Crippen LogP) is 3.24. The Morgan fingerprint density at radius 3 is 2.88 bits per heavy atom. The van der Waals surface area contributed by atoms with E-state index in [1.807, 2.05) is 13.8 Å². The Bertz CT molecular complexity index is 787. The van der Waals surface area contributed by atoms with E-state index in [9.17, 15) is 4.79 Å². The van der Waals surface area contributed by atoms with Gasteiger partial charge in [0.1, 0.15) is 17.6 Å². The molecule has 0 unspecified atom stereocenters. The van der Waals surface area contributed by atoms with E-state index in [2.05, 4.69) is 21.7 Å². The fraction of sp³-hybridized carbons (Fsp3) is 0.278. The maximum Gasteiger partial charge on any atom is 0.255 e. The number of aromatic nitrogens is 1. The lowest BCUT2D eigenvalue weighted by Crippen LogP contribution is -2.29. The van der Waals surface area contributed by atoms with Crippen LogP contribution in [0.15, 0.2) is 36.5 Å². The second kappa shape index (κ2) is 8.90. The molecule has 0 radical (unpaired) electrons. The molecule has 130 valence electrons. The SMILES string of the molecule is CC(C)Oc1ccc(Cl)cc1C(=O)NCCNc1ncccc1C#N. The molecule has 6 nitrogen and oxygen atoms in total. The van der Waals surface area contributed by atoms with E-state index in [1.54, 1.807) is 36.5 Å². The number of hydrogen-bond donors (Lipinski definition) is 2. The number of nitrogens with one attached hydrogen (secondary N) is 2. The van der Waals surface area contributed by atoms with Gasteiger partial charge in [-0.3, -0.25) is 4.79 Å². The maximum absolute atomic E-state index is 12.4. The zero-order chi connectivity index (χ0) is 18.2. The van der Waals surface area contributed by atoms with Crippen LogP contribution < -0.4 is 15.4 Å². The van der Waals surface area contributed by atoms with Gasteiger partial charge in [-0.05, 0) is 44.2 Å². The van der Waals surface area contributed by atoms with Crippen LogP contribution in [-0.2, 0) is 0 Å². The summed E-state index contributed by atoms with van der Waals surface area (Å²) in [7, 11) is 0. The average molecular weight is 359 g/mol. The molecule has 0 saturated heterocycles. The van der Waals surface area contributed by atoms with E-state index in [0.29, 0.717) is 40.8 Å². The molecule has 2 aromatic rings. The highest BCUT2D eigenvalue weighted by atomic mass is 35.5. The van der Waals surface area contributed by atoms with Crippen molar-refractivity contribution in [2.24, 2.45) is 0 Å². The van der Waals surface area contributed by atoms with Crippen molar-refractivity contribution in [3.63, 3.8) is 0 Å². The number of amides is 1. The minimum atomic E-state index is -0.276. The molecule has 0 spiro atoms. The molecule has 0 aliphatic rings. The number of carbonyl (C=O) groups is 1. The van der Waals surface area contributed by atoms with E-state index >= 15 is 0 Å². The summed E-state index contributed by atoms with van der Waals surface area (Å²) in [6, 6.07) is 10.4. The molecular formula is C18H19ClN4O2. The van der Waals surface area contributed by atoms with Crippen LogP contribution in [0.2, 0.25) is 5.02 Å². The number of nitriles is 1. The first-order chi connectivity index (χ1) is 12.0. The summed E-state index contributed by atoms with van der Waals surface area (Å²) in [5.41, 5.74) is 0.841. The fourth-order valence-corrected chi connectivity index (χ4v) is 2.30. The van der Waals surface area contributed by atoms with Crippen molar-refractivity contribution >= 4 is 23.3 Å². The molecule has 0 atom stereocenters. The highest BCUT2D eigenvalue weighted by Gasteiger charge is 2.14. The third-order valence-corrected chi connectivity index (χ3v) is 3.42. The summed E-state index contributed by atoms with van der Waals surface area (Å²) in [4.78, 5) is 16.5. The number of halogens is 1. The van der Waals surface area contributed by atoms with E-state index in [1.165, 1.54) is 0 Å². The normalized spacial score (nSPS) is 10.2. The third-order valence-electron chi connectivity index (χ3n) is 3.18. The molecule has 7 heteroatoms. The summed E-state index contributed by atoms with van der Waals surface area (Å²) in [6.07, 6.45) is 1.55. The molecule has 0 aliphatic carbocycles. The number of nitrogens with zero attached hydrogens (tertiary/aromatic N) is 2. The van der Waals surface area contributed by atoms with Crippen LogP contribution >= 0.6 is 11.6 Å². The lowest BCUT2D eigenvalue weighted by atomic mass is 10.2. The summed E-state index contributed by atoms with van der Waals surface area (Å²) in [5, 5.41) is 15.3. The minimum Gasteiger partial charge on any atom is -0.490 e. The molecule has 0 bridgehead atoms. The van der Waals surface area contributed by atoms with Crippen LogP contribution in [-0.4, -0.2) is 30.1 Å². The molecule has 2 N–H and O–H groups in total. The highest BCUT2D eigenvalue weighted by molar-refractivity contribution is 6.31. The first kappa shape index (κ1) is 18.6. The van der Waals surface area contributed by atoms with Gasteiger partial charge >= 0.3 is 0 Å². The molecule has 1 aromatic carbocycles. The highest BCUT2D eigenvalue weighted by Crippen LogP contribution is 2.23. The van der Waals surface area contributed by atoms with Crippen LogP contribution in [0.3, 0.4) is 0 Å². The molecule has 25 heavy (non-hydrogen) atoms. The monoisotopic (exact) mass is 358 g/mol. The van der Waals surface area contributed by atoms with Gasteiger partial charge in [0, 0.05) is 24.3 Å². The number of pyridine rings is 1. The number of rotatable bonds is 7. The Morgan fingerprint density at radius 1 is 1.36 bits per heavy atom. The summed E-state index contributed by atoms with van der Waals surface area (Å²) in [6.45, 7) is 4.56. The first-order valence-corrected chi connectivity index (χ1v) is 8.22. The predicted molar refractivity (Wildman–Crippen MR) is 97.0 cm³/mol. The van der Waals surface area contributed by atoms with E-state index in [0.717, 1.165) is 0 Å². The van der Waals surface area contributed by atoms with Gasteiger partial charge in [-0.15, -0.1) is 0 Å². The van der Waals surface area contributed by atoms with Gasteiger partial charge in [0.05, 0.1) is 17.2 Å². The van der Waals surface area contributed by atoms with Crippen molar-refractivity contribution in [3.8, 4) is 11.8 Å². The molecule has 1 aromatic heterocycles. The van der Waals surface area contributed by atoms with E-state index in [-0.39, 0.29) is 12.0 Å². The molecule has 2 rings (SSSR count). The number of hydrogen-bond acceptors (Lipinski definition) is 5. The number of anilines is 1. The molecule has 0 saturated carbocycles. The lowest BCUT2D eigenvalue weighted by Gasteiger charge is -2.14. The third kappa shape index (κ3) is 5.37. The summed E-state index contributed by atoms with van der Waals surface area (Å²) < 4.78 is 5.65. The van der Waals surface area contributed by atoms with Crippen LogP contribution in [0.25, 0.3) is 0 Å². The molecule has 1 heterocycles. The van der Waals surface area contributed by atoms with Crippen LogP contribution in [0, 0.1) is 11.3 Å². The van der Waals surface area contributed by atoms with Crippen LogP contribution in [0.5, 0.6) is 5.75 Å². The average Bonchev–Trinajstić information content (AvgIpc) is 2.60. The zero-order valence-corrected chi connectivity index (χ0v) is 14.8. The molecule has 0 fully saturated rings. The van der Waals surface area contributed by atoms with E-state index < -0.39 is 0 Å². The van der Waals surface area contributed by atoms with Crippen molar-refractivity contribution in [1.82, 2.24) is 10.3 Å². The van der Waals surface area contributed by atoms with E-state index in [4.69, 9.17) is 21.6 Å². The standard InChI is InChI=1S/C18H19ClN4O2/c1-12(2)25-16-6-5-14(19)10-15(16)18(24)23-9-8-22-17-13(11-20)4-3-7-21-17/h3-7,10,12H,8-9H2,1-2H3,(H,21,22)(H,23,24). The Kier molecular flexibility index (Phi) is 6.61. The topological polar surface area (TPSA) is 87.0 Å². The van der Waals surface area contributed by atoms with Gasteiger partial charge in [-0.2, -0.15) is 5.26 Å². The van der Waals surface area contributed by atoms with Crippen molar-refractivity contribution in [3.05, 3.63) is 52.7 Å². The van der Waals surface area contributed by atoms with Gasteiger partial charge in [0.15, 0.2) is 0 Å². The summed E-state index contributed by atoms with van der Waals surface area (Å²) in [5.74, 6) is 0.702. The van der Waals surface area contributed by atoms with Gasteiger partial charge in [0.2, 0.25) is 0 Å².